The van der Waals surface area contributed by atoms with Crippen molar-refractivity contribution >= 4 is 11.9 Å². The van der Waals surface area contributed by atoms with Crippen molar-refractivity contribution in [2.24, 2.45) is 5.73 Å². The van der Waals surface area contributed by atoms with E-state index in [1.165, 1.54) is 6.08 Å². The monoisotopic (exact) mass is 162 g/mol. The molecule has 0 amide bonds. The first kappa shape index (κ1) is 8.33. The van der Waals surface area contributed by atoms with Crippen molar-refractivity contribution in [3.8, 4) is 0 Å². The number of benzene rings is 1. The Morgan fingerprint density at radius 1 is 1.33 bits per heavy atom. The first-order valence-electron chi connectivity index (χ1n) is 3.50. The van der Waals surface area contributed by atoms with Crippen LogP contribution in [0.1, 0.15) is 5.56 Å². The van der Waals surface area contributed by atoms with Gasteiger partial charge in [-0.05, 0) is 11.6 Å². The maximum absolute atomic E-state index is 9.09. The van der Waals surface area contributed by atoms with Crippen LogP contribution in [0.4, 0.5) is 0 Å². The van der Waals surface area contributed by atoms with Gasteiger partial charge in [-0.2, -0.15) is 0 Å². The molecule has 4 N–H and O–H groups in total. The zero-order chi connectivity index (χ0) is 8.97. The highest BCUT2D eigenvalue weighted by Crippen LogP contribution is 2.03. The predicted octanol–water partition coefficient (Wildman–Crippen LogP) is 1.52. The topological polar surface area (TPSA) is 70.1 Å². The van der Waals surface area contributed by atoms with E-state index in [2.05, 4.69) is 0 Å². The number of hydrogen-bond donors (Lipinski definition) is 3. The highest BCUT2D eigenvalue weighted by atomic mass is 16.3. The Hall–Kier alpha value is -1.77. The number of nitrogens with one attached hydrogen (secondary N) is 1. The van der Waals surface area contributed by atoms with Crippen LogP contribution in [0, 0.1) is 5.41 Å². The second-order valence-electron chi connectivity index (χ2n) is 2.35. The Morgan fingerprint density at radius 2 is 1.92 bits per heavy atom. The summed E-state index contributed by atoms with van der Waals surface area (Å²) >= 11 is 0. The SMILES string of the molecule is N=C(N)C(O)=Cc1ccccc1. The summed E-state index contributed by atoms with van der Waals surface area (Å²) in [6.07, 6.45) is 1.45. The largest absolute Gasteiger partial charge is 0.504 e. The van der Waals surface area contributed by atoms with Crippen molar-refractivity contribution in [2.45, 2.75) is 0 Å². The molecule has 1 aromatic rings. The maximum Gasteiger partial charge on any atom is 0.158 e. The molecule has 0 heterocycles. The highest BCUT2D eigenvalue weighted by Gasteiger charge is 1.95. The van der Waals surface area contributed by atoms with Crippen molar-refractivity contribution in [2.75, 3.05) is 0 Å². The van der Waals surface area contributed by atoms with E-state index in [1.54, 1.807) is 0 Å². The van der Waals surface area contributed by atoms with Crippen LogP contribution < -0.4 is 5.73 Å². The first-order chi connectivity index (χ1) is 5.70. The Kier molecular flexibility index (Phi) is 2.48. The fourth-order valence-electron chi connectivity index (χ4n) is 0.785. The van der Waals surface area contributed by atoms with Gasteiger partial charge in [0.05, 0.1) is 0 Å². The molecule has 0 fully saturated rings. The minimum atomic E-state index is -0.321. The zero-order valence-corrected chi connectivity index (χ0v) is 6.49. The molecule has 3 heteroatoms. The fraction of sp³-hybridized carbons (Fsp3) is 0. The van der Waals surface area contributed by atoms with E-state index in [4.69, 9.17) is 16.2 Å². The number of amidine groups is 1. The molecule has 0 unspecified atom stereocenters. The minimum Gasteiger partial charge on any atom is -0.504 e. The van der Waals surface area contributed by atoms with Crippen LogP contribution in [0.2, 0.25) is 0 Å². The fourth-order valence-corrected chi connectivity index (χ4v) is 0.785. The van der Waals surface area contributed by atoms with Crippen LogP contribution in [0.15, 0.2) is 36.1 Å². The number of rotatable bonds is 2. The number of hydrogen-bond acceptors (Lipinski definition) is 2. The lowest BCUT2D eigenvalue weighted by Gasteiger charge is -1.95. The summed E-state index contributed by atoms with van der Waals surface area (Å²) < 4.78 is 0. The van der Waals surface area contributed by atoms with Crippen molar-refractivity contribution < 1.29 is 5.11 Å². The molecule has 62 valence electrons. The Morgan fingerprint density at radius 3 is 2.42 bits per heavy atom. The molecule has 0 saturated carbocycles. The third-order valence-electron chi connectivity index (χ3n) is 1.38. The lowest BCUT2D eigenvalue weighted by molar-refractivity contribution is 0.446. The van der Waals surface area contributed by atoms with Gasteiger partial charge in [0, 0.05) is 0 Å². The second-order valence-corrected chi connectivity index (χ2v) is 2.35. The van der Waals surface area contributed by atoms with Gasteiger partial charge in [-0.25, -0.2) is 0 Å². The molecule has 0 aliphatic rings. The summed E-state index contributed by atoms with van der Waals surface area (Å²) in [6, 6.07) is 9.21. The average Bonchev–Trinajstić information content (AvgIpc) is 2.06. The predicted molar refractivity (Wildman–Crippen MR) is 49.0 cm³/mol. The van der Waals surface area contributed by atoms with Gasteiger partial charge in [-0.15, -0.1) is 0 Å². The zero-order valence-electron chi connectivity index (χ0n) is 6.49. The summed E-state index contributed by atoms with van der Waals surface area (Å²) in [4.78, 5) is 0. The summed E-state index contributed by atoms with van der Waals surface area (Å²) in [5.74, 6) is -0.528. The van der Waals surface area contributed by atoms with Gasteiger partial charge >= 0.3 is 0 Å². The van der Waals surface area contributed by atoms with E-state index < -0.39 is 0 Å². The third-order valence-corrected chi connectivity index (χ3v) is 1.38. The number of aliphatic hydroxyl groups excluding tert-OH is 1. The van der Waals surface area contributed by atoms with Gasteiger partial charge in [0.1, 0.15) is 0 Å². The van der Waals surface area contributed by atoms with Crippen LogP contribution >= 0.6 is 0 Å². The van der Waals surface area contributed by atoms with E-state index >= 15 is 0 Å². The Balaban J connectivity index is 2.89. The van der Waals surface area contributed by atoms with Gasteiger partial charge in [0.2, 0.25) is 0 Å². The van der Waals surface area contributed by atoms with Crippen LogP contribution in [0.3, 0.4) is 0 Å². The van der Waals surface area contributed by atoms with Crippen LogP contribution in [0.25, 0.3) is 6.08 Å². The van der Waals surface area contributed by atoms with Gasteiger partial charge in [0.25, 0.3) is 0 Å². The van der Waals surface area contributed by atoms with Crippen LogP contribution in [0.5, 0.6) is 0 Å². The third kappa shape index (κ3) is 2.12. The molecule has 0 radical (unpaired) electrons. The van der Waals surface area contributed by atoms with E-state index in [0.29, 0.717) is 0 Å². The van der Waals surface area contributed by atoms with E-state index in [-0.39, 0.29) is 11.6 Å². The van der Waals surface area contributed by atoms with Gasteiger partial charge in [-0.3, -0.25) is 5.41 Å². The number of aliphatic hydroxyl groups is 1. The maximum atomic E-state index is 9.09. The molecular weight excluding hydrogens is 152 g/mol. The summed E-state index contributed by atoms with van der Waals surface area (Å²) in [5.41, 5.74) is 5.87. The van der Waals surface area contributed by atoms with Crippen LogP contribution in [-0.4, -0.2) is 10.9 Å². The number of nitrogens with two attached hydrogens (primary N) is 1. The smallest absolute Gasteiger partial charge is 0.158 e. The van der Waals surface area contributed by atoms with Gasteiger partial charge in [-0.1, -0.05) is 30.3 Å². The van der Waals surface area contributed by atoms with E-state index in [0.717, 1.165) is 5.56 Å². The van der Waals surface area contributed by atoms with Crippen molar-refractivity contribution in [3.63, 3.8) is 0 Å². The summed E-state index contributed by atoms with van der Waals surface area (Å²) in [7, 11) is 0. The molecule has 0 saturated heterocycles. The van der Waals surface area contributed by atoms with Crippen molar-refractivity contribution in [1.82, 2.24) is 0 Å². The normalized spacial score (nSPS) is 11.2. The van der Waals surface area contributed by atoms with Crippen molar-refractivity contribution in [3.05, 3.63) is 41.7 Å². The molecule has 1 rings (SSSR count). The standard InChI is InChI=1S/C9H10N2O/c10-9(11)8(12)6-7-4-2-1-3-5-7/h1-6,12H,(H3,10,11). The Bertz CT molecular complexity index is 304. The molecule has 0 aromatic heterocycles. The Labute approximate surface area is 70.7 Å². The van der Waals surface area contributed by atoms with Gasteiger partial charge < -0.3 is 10.8 Å². The molecule has 0 aliphatic carbocycles. The first-order valence-corrected chi connectivity index (χ1v) is 3.50. The van der Waals surface area contributed by atoms with E-state index in [1.807, 2.05) is 30.3 Å². The molecule has 3 nitrogen and oxygen atoms in total. The lowest BCUT2D eigenvalue weighted by Crippen LogP contribution is -2.11. The molecule has 1 aromatic carbocycles. The average molecular weight is 162 g/mol. The van der Waals surface area contributed by atoms with Gasteiger partial charge in [0.15, 0.2) is 11.6 Å². The summed E-state index contributed by atoms with van der Waals surface area (Å²) in [6.45, 7) is 0. The summed E-state index contributed by atoms with van der Waals surface area (Å²) in [5, 5.41) is 16.0. The molecule has 0 aliphatic heterocycles. The lowest BCUT2D eigenvalue weighted by atomic mass is 10.2. The quantitative estimate of drug-likeness (QED) is 0.350. The molecule has 0 atom stereocenters. The molecule has 0 spiro atoms. The minimum absolute atomic E-state index is 0.207. The molecule has 0 bridgehead atoms. The highest BCUT2D eigenvalue weighted by molar-refractivity contribution is 5.96. The van der Waals surface area contributed by atoms with Crippen molar-refractivity contribution in [1.29, 1.82) is 5.41 Å². The van der Waals surface area contributed by atoms with E-state index in [9.17, 15) is 0 Å². The second kappa shape index (κ2) is 3.57. The molecule has 12 heavy (non-hydrogen) atoms. The van der Waals surface area contributed by atoms with Crippen LogP contribution in [-0.2, 0) is 0 Å². The molecular formula is C9H10N2O.